The second-order valence-corrected chi connectivity index (χ2v) is 5.42. The first-order valence-electron chi connectivity index (χ1n) is 5.93. The molecule has 16 heavy (non-hydrogen) atoms. The van der Waals surface area contributed by atoms with Crippen LogP contribution in [0.1, 0.15) is 53.9 Å². The number of hydrogen-bond acceptors (Lipinski definition) is 4. The second-order valence-electron chi connectivity index (χ2n) is 4.41. The summed E-state index contributed by atoms with van der Waals surface area (Å²) in [5.74, 6) is 0.560. The monoisotopic (exact) mass is 238 g/mol. The van der Waals surface area contributed by atoms with E-state index in [1.165, 1.54) is 37.0 Å². The average molecular weight is 238 g/mol. The van der Waals surface area contributed by atoms with Gasteiger partial charge in [0.05, 0.1) is 10.6 Å². The topological polar surface area (TPSA) is 33.2 Å². The molecule has 0 amide bonds. The lowest BCUT2D eigenvalue weighted by molar-refractivity contribution is 0.112. The van der Waals surface area contributed by atoms with Gasteiger partial charge in [-0.05, 0) is 19.3 Å². The number of aromatic nitrogens is 1. The SMILES string of the molecule is CCCCN(C)c1nc(C2CC2)c(C=O)s1. The predicted molar refractivity (Wildman–Crippen MR) is 67.7 cm³/mol. The van der Waals surface area contributed by atoms with E-state index >= 15 is 0 Å². The Morgan fingerprint density at radius 2 is 2.31 bits per heavy atom. The normalized spacial score (nSPS) is 15.1. The van der Waals surface area contributed by atoms with Crippen molar-refractivity contribution in [3.8, 4) is 0 Å². The van der Waals surface area contributed by atoms with Crippen LogP contribution >= 0.6 is 11.3 Å². The van der Waals surface area contributed by atoms with E-state index in [9.17, 15) is 4.79 Å². The Balaban J connectivity index is 2.11. The van der Waals surface area contributed by atoms with Crippen LogP contribution in [0.4, 0.5) is 5.13 Å². The molecular weight excluding hydrogens is 220 g/mol. The second kappa shape index (κ2) is 4.95. The standard InChI is InChI=1S/C12H18N2OS/c1-3-4-7-14(2)12-13-11(9-5-6-9)10(8-15)16-12/h8-9H,3-7H2,1-2H3. The van der Waals surface area contributed by atoms with Crippen molar-refractivity contribution in [1.29, 1.82) is 0 Å². The Kier molecular flexibility index (Phi) is 3.59. The number of aldehydes is 1. The van der Waals surface area contributed by atoms with E-state index in [0.717, 1.165) is 28.5 Å². The highest BCUT2D eigenvalue weighted by Gasteiger charge is 2.30. The molecule has 4 heteroatoms. The van der Waals surface area contributed by atoms with Crippen LogP contribution in [0.3, 0.4) is 0 Å². The third-order valence-corrected chi connectivity index (χ3v) is 4.03. The maximum absolute atomic E-state index is 11.0. The highest BCUT2D eigenvalue weighted by Crippen LogP contribution is 2.43. The molecule has 1 aliphatic carbocycles. The molecule has 0 aromatic carbocycles. The van der Waals surface area contributed by atoms with Crippen molar-refractivity contribution in [2.45, 2.75) is 38.5 Å². The van der Waals surface area contributed by atoms with Crippen LogP contribution in [0.25, 0.3) is 0 Å². The Morgan fingerprint density at radius 3 is 2.88 bits per heavy atom. The van der Waals surface area contributed by atoms with E-state index in [-0.39, 0.29) is 0 Å². The van der Waals surface area contributed by atoms with Crippen LogP contribution in [-0.2, 0) is 0 Å². The Morgan fingerprint density at radius 1 is 1.56 bits per heavy atom. The molecule has 0 atom stereocenters. The first kappa shape index (κ1) is 11.6. The van der Waals surface area contributed by atoms with Crippen molar-refractivity contribution in [3.05, 3.63) is 10.6 Å². The largest absolute Gasteiger partial charge is 0.351 e. The molecular formula is C12H18N2OS. The van der Waals surface area contributed by atoms with E-state index in [1.54, 1.807) is 0 Å². The Bertz CT molecular complexity index is 371. The van der Waals surface area contributed by atoms with Gasteiger partial charge in [-0.2, -0.15) is 0 Å². The molecule has 1 aromatic rings. The molecule has 0 aliphatic heterocycles. The highest BCUT2D eigenvalue weighted by molar-refractivity contribution is 7.17. The lowest BCUT2D eigenvalue weighted by atomic mass is 10.3. The number of unbranched alkanes of at least 4 members (excludes halogenated alkanes) is 1. The van der Waals surface area contributed by atoms with Gasteiger partial charge in [0, 0.05) is 19.5 Å². The summed E-state index contributed by atoms with van der Waals surface area (Å²) in [6, 6.07) is 0. The lowest BCUT2D eigenvalue weighted by Crippen LogP contribution is -2.17. The van der Waals surface area contributed by atoms with Gasteiger partial charge in [0.25, 0.3) is 0 Å². The van der Waals surface area contributed by atoms with Crippen molar-refractivity contribution in [2.24, 2.45) is 0 Å². The molecule has 3 nitrogen and oxygen atoms in total. The van der Waals surface area contributed by atoms with E-state index in [4.69, 9.17) is 0 Å². The van der Waals surface area contributed by atoms with E-state index in [1.807, 2.05) is 0 Å². The smallest absolute Gasteiger partial charge is 0.185 e. The molecule has 0 saturated heterocycles. The molecule has 0 radical (unpaired) electrons. The van der Waals surface area contributed by atoms with Gasteiger partial charge in [0.2, 0.25) is 0 Å². The minimum atomic E-state index is 0.560. The number of thiazole rings is 1. The van der Waals surface area contributed by atoms with Crippen LogP contribution in [0, 0.1) is 0 Å². The minimum absolute atomic E-state index is 0.560. The van der Waals surface area contributed by atoms with Gasteiger partial charge < -0.3 is 4.90 Å². The Hall–Kier alpha value is -0.900. The molecule has 1 aromatic heterocycles. The molecule has 2 rings (SSSR count). The molecule has 1 aliphatic rings. The summed E-state index contributed by atoms with van der Waals surface area (Å²) in [5.41, 5.74) is 1.04. The van der Waals surface area contributed by atoms with Crippen LogP contribution in [0.15, 0.2) is 0 Å². The van der Waals surface area contributed by atoms with Gasteiger partial charge in [-0.3, -0.25) is 4.79 Å². The summed E-state index contributed by atoms with van der Waals surface area (Å²) in [6.07, 6.45) is 5.71. The molecule has 88 valence electrons. The van der Waals surface area contributed by atoms with Crippen LogP contribution in [-0.4, -0.2) is 24.9 Å². The quantitative estimate of drug-likeness (QED) is 0.714. The molecule has 0 bridgehead atoms. The van der Waals surface area contributed by atoms with Gasteiger partial charge >= 0.3 is 0 Å². The Labute approximate surface area is 100 Å². The molecule has 1 fully saturated rings. The zero-order chi connectivity index (χ0) is 11.5. The van der Waals surface area contributed by atoms with Crippen molar-refractivity contribution in [2.75, 3.05) is 18.5 Å². The highest BCUT2D eigenvalue weighted by atomic mass is 32.1. The number of anilines is 1. The fourth-order valence-corrected chi connectivity index (χ4v) is 2.67. The summed E-state index contributed by atoms with van der Waals surface area (Å²) < 4.78 is 0. The maximum atomic E-state index is 11.0. The number of hydrogen-bond donors (Lipinski definition) is 0. The number of carbonyl (C=O) groups is 1. The number of rotatable bonds is 6. The van der Waals surface area contributed by atoms with E-state index in [0.29, 0.717) is 5.92 Å². The van der Waals surface area contributed by atoms with Crippen molar-refractivity contribution in [1.82, 2.24) is 4.98 Å². The zero-order valence-electron chi connectivity index (χ0n) is 9.90. The molecule has 0 N–H and O–H groups in total. The zero-order valence-corrected chi connectivity index (χ0v) is 10.7. The van der Waals surface area contributed by atoms with Gasteiger partial charge in [0.1, 0.15) is 0 Å². The fraction of sp³-hybridized carbons (Fsp3) is 0.667. The van der Waals surface area contributed by atoms with Crippen molar-refractivity contribution in [3.63, 3.8) is 0 Å². The minimum Gasteiger partial charge on any atom is -0.351 e. The molecule has 1 heterocycles. The van der Waals surface area contributed by atoms with Gasteiger partial charge in [-0.25, -0.2) is 4.98 Å². The summed E-state index contributed by atoms with van der Waals surface area (Å²) in [7, 11) is 2.06. The van der Waals surface area contributed by atoms with Gasteiger partial charge in [-0.15, -0.1) is 0 Å². The first-order chi connectivity index (χ1) is 7.76. The molecule has 1 saturated carbocycles. The summed E-state index contributed by atoms with van der Waals surface area (Å²) in [6.45, 7) is 3.20. The van der Waals surface area contributed by atoms with Gasteiger partial charge in [-0.1, -0.05) is 24.7 Å². The number of carbonyl (C=O) groups excluding carboxylic acids is 1. The number of nitrogens with zero attached hydrogens (tertiary/aromatic N) is 2. The first-order valence-corrected chi connectivity index (χ1v) is 6.75. The summed E-state index contributed by atoms with van der Waals surface area (Å²) >= 11 is 1.53. The van der Waals surface area contributed by atoms with Crippen molar-refractivity contribution >= 4 is 22.8 Å². The summed E-state index contributed by atoms with van der Waals surface area (Å²) in [5, 5.41) is 0.998. The van der Waals surface area contributed by atoms with E-state index in [2.05, 4.69) is 23.9 Å². The van der Waals surface area contributed by atoms with Crippen LogP contribution < -0.4 is 4.90 Å². The average Bonchev–Trinajstić information content (AvgIpc) is 3.05. The molecule has 0 spiro atoms. The van der Waals surface area contributed by atoms with E-state index < -0.39 is 0 Å². The third kappa shape index (κ3) is 2.43. The third-order valence-electron chi connectivity index (χ3n) is 2.91. The maximum Gasteiger partial charge on any atom is 0.185 e. The van der Waals surface area contributed by atoms with Crippen LogP contribution in [0.2, 0.25) is 0 Å². The lowest BCUT2D eigenvalue weighted by Gasteiger charge is -2.14. The van der Waals surface area contributed by atoms with Crippen molar-refractivity contribution < 1.29 is 4.79 Å². The fourth-order valence-electron chi connectivity index (χ4n) is 1.72. The molecule has 0 unspecified atom stereocenters. The predicted octanol–water partition coefficient (Wildman–Crippen LogP) is 3.07. The van der Waals surface area contributed by atoms with Gasteiger partial charge in [0.15, 0.2) is 11.4 Å². The summed E-state index contributed by atoms with van der Waals surface area (Å²) in [4.78, 5) is 18.6. The van der Waals surface area contributed by atoms with Crippen LogP contribution in [0.5, 0.6) is 0 Å².